The number of thiocarbonyl (C=S) groups is 1. The van der Waals surface area contributed by atoms with E-state index in [1.54, 1.807) is 60.7 Å². The first kappa shape index (κ1) is 18.1. The van der Waals surface area contributed by atoms with Crippen LogP contribution in [-0.2, 0) is 4.79 Å². The first-order valence-electron chi connectivity index (χ1n) is 7.82. The van der Waals surface area contributed by atoms with Gasteiger partial charge in [0, 0.05) is 6.54 Å². The van der Waals surface area contributed by atoms with Crippen LogP contribution in [0.3, 0.4) is 0 Å². The average Bonchev–Trinajstić information content (AvgIpc) is 2.92. The summed E-state index contributed by atoms with van der Waals surface area (Å²) in [6.07, 6.45) is 3.41. The van der Waals surface area contributed by atoms with Gasteiger partial charge in [0.05, 0.1) is 10.5 Å². The predicted octanol–water partition coefficient (Wildman–Crippen LogP) is 4.29. The molecule has 26 heavy (non-hydrogen) atoms. The molecule has 2 aromatic carbocycles. The molecule has 0 aliphatic carbocycles. The molecule has 0 unspecified atom stereocenters. The van der Waals surface area contributed by atoms with Crippen molar-refractivity contribution < 1.29 is 14.3 Å². The van der Waals surface area contributed by atoms with Gasteiger partial charge in [-0.05, 0) is 35.9 Å². The number of thioether (sulfide) groups is 1. The molecule has 0 saturated carbocycles. The first-order valence-corrected chi connectivity index (χ1v) is 9.04. The van der Waals surface area contributed by atoms with Crippen LogP contribution >= 0.6 is 24.0 Å². The molecule has 3 rings (SSSR count). The summed E-state index contributed by atoms with van der Waals surface area (Å²) in [5.41, 5.74) is 1.31. The molecule has 1 aliphatic heterocycles. The minimum atomic E-state index is -0.413. The lowest BCUT2D eigenvalue weighted by atomic mass is 10.2. The average molecular weight is 381 g/mol. The van der Waals surface area contributed by atoms with Gasteiger partial charge in [-0.3, -0.25) is 9.69 Å². The first-order chi connectivity index (χ1) is 12.6. The van der Waals surface area contributed by atoms with E-state index in [2.05, 4.69) is 6.58 Å². The number of carbonyl (C=O) groups excluding carboxylic acids is 2. The van der Waals surface area contributed by atoms with Crippen molar-refractivity contribution >= 4 is 46.3 Å². The zero-order valence-electron chi connectivity index (χ0n) is 13.8. The smallest absolute Gasteiger partial charge is 0.343 e. The van der Waals surface area contributed by atoms with Crippen LogP contribution in [-0.4, -0.2) is 27.6 Å². The van der Waals surface area contributed by atoms with Crippen LogP contribution in [0.4, 0.5) is 0 Å². The molecule has 1 aliphatic rings. The second kappa shape index (κ2) is 8.12. The fraction of sp³-hybridized carbons (Fsp3) is 0.0500. The number of amides is 1. The monoisotopic (exact) mass is 381 g/mol. The van der Waals surface area contributed by atoms with Gasteiger partial charge in [-0.2, -0.15) is 0 Å². The van der Waals surface area contributed by atoms with Crippen LogP contribution in [0.25, 0.3) is 6.08 Å². The minimum absolute atomic E-state index is 0.125. The Morgan fingerprint density at radius 2 is 1.85 bits per heavy atom. The molecule has 2 aromatic rings. The maximum Gasteiger partial charge on any atom is 0.343 e. The summed E-state index contributed by atoms with van der Waals surface area (Å²) in [5, 5.41) is 0. The Bertz CT molecular complexity index is 889. The number of nitrogens with zero attached hydrogens (tertiary/aromatic N) is 1. The summed E-state index contributed by atoms with van der Waals surface area (Å²) in [4.78, 5) is 26.4. The summed E-state index contributed by atoms with van der Waals surface area (Å²) < 4.78 is 5.86. The Balaban J connectivity index is 1.70. The van der Waals surface area contributed by atoms with E-state index in [9.17, 15) is 9.59 Å². The molecule has 0 aromatic heterocycles. The largest absolute Gasteiger partial charge is 0.423 e. The Hall–Kier alpha value is -2.70. The van der Waals surface area contributed by atoms with Gasteiger partial charge in [-0.15, -0.1) is 6.58 Å². The normalized spacial score (nSPS) is 15.4. The van der Waals surface area contributed by atoms with E-state index in [-0.39, 0.29) is 5.91 Å². The summed E-state index contributed by atoms with van der Waals surface area (Å²) >= 11 is 6.48. The summed E-state index contributed by atoms with van der Waals surface area (Å²) in [6.45, 7) is 4.03. The third-order valence-electron chi connectivity index (χ3n) is 3.58. The fourth-order valence-electron chi connectivity index (χ4n) is 2.31. The van der Waals surface area contributed by atoms with Crippen molar-refractivity contribution in [1.29, 1.82) is 0 Å². The van der Waals surface area contributed by atoms with E-state index in [0.29, 0.717) is 27.1 Å². The third kappa shape index (κ3) is 4.09. The van der Waals surface area contributed by atoms with Crippen LogP contribution in [0.2, 0.25) is 0 Å². The van der Waals surface area contributed by atoms with Crippen LogP contribution in [0.1, 0.15) is 15.9 Å². The molecule has 1 heterocycles. The van der Waals surface area contributed by atoms with Crippen LogP contribution in [0.5, 0.6) is 5.75 Å². The number of hydrogen-bond acceptors (Lipinski definition) is 5. The second-order valence-electron chi connectivity index (χ2n) is 5.41. The molecule has 4 nitrogen and oxygen atoms in total. The highest BCUT2D eigenvalue weighted by Crippen LogP contribution is 2.32. The third-order valence-corrected chi connectivity index (χ3v) is 4.96. The maximum atomic E-state index is 12.3. The van der Waals surface area contributed by atoms with Crippen molar-refractivity contribution in [3.63, 3.8) is 0 Å². The van der Waals surface area contributed by atoms with Crippen LogP contribution < -0.4 is 4.74 Å². The SMILES string of the molecule is C=CCN1C(=O)/C(=C\c2ccc(OC(=O)c3ccccc3)cc2)SC1=S. The molecule has 0 bridgehead atoms. The lowest BCUT2D eigenvalue weighted by Gasteiger charge is -2.10. The zero-order chi connectivity index (χ0) is 18.5. The van der Waals surface area contributed by atoms with Gasteiger partial charge in [0.25, 0.3) is 5.91 Å². The minimum Gasteiger partial charge on any atom is -0.423 e. The van der Waals surface area contributed by atoms with E-state index >= 15 is 0 Å². The van der Waals surface area contributed by atoms with Gasteiger partial charge in [0.1, 0.15) is 10.1 Å². The lowest BCUT2D eigenvalue weighted by molar-refractivity contribution is -0.121. The Labute approximate surface area is 161 Å². The molecule has 0 N–H and O–H groups in total. The zero-order valence-corrected chi connectivity index (χ0v) is 15.4. The molecule has 6 heteroatoms. The van der Waals surface area contributed by atoms with E-state index in [1.165, 1.54) is 16.7 Å². The van der Waals surface area contributed by atoms with E-state index in [0.717, 1.165) is 5.56 Å². The van der Waals surface area contributed by atoms with Crippen molar-refractivity contribution in [3.05, 3.63) is 83.3 Å². The van der Waals surface area contributed by atoms with Crippen LogP contribution in [0, 0.1) is 0 Å². The van der Waals surface area contributed by atoms with Crippen molar-refractivity contribution in [2.45, 2.75) is 0 Å². The van der Waals surface area contributed by atoms with Crippen molar-refractivity contribution in [2.75, 3.05) is 6.54 Å². The molecule has 1 amide bonds. The van der Waals surface area contributed by atoms with Crippen molar-refractivity contribution in [2.24, 2.45) is 0 Å². The highest BCUT2D eigenvalue weighted by atomic mass is 32.2. The molecule has 1 saturated heterocycles. The lowest BCUT2D eigenvalue weighted by Crippen LogP contribution is -2.27. The topological polar surface area (TPSA) is 46.6 Å². The predicted molar refractivity (Wildman–Crippen MR) is 108 cm³/mol. The molecule has 0 atom stereocenters. The molecule has 0 spiro atoms. The molecular weight excluding hydrogens is 366 g/mol. The quantitative estimate of drug-likeness (QED) is 0.254. The summed E-state index contributed by atoms with van der Waals surface area (Å²) in [7, 11) is 0. The Morgan fingerprint density at radius 3 is 2.50 bits per heavy atom. The molecule has 0 radical (unpaired) electrons. The summed E-state index contributed by atoms with van der Waals surface area (Å²) in [6, 6.07) is 15.7. The Kier molecular flexibility index (Phi) is 5.65. The molecule has 130 valence electrons. The van der Waals surface area contributed by atoms with E-state index < -0.39 is 5.97 Å². The number of hydrogen-bond donors (Lipinski definition) is 0. The maximum absolute atomic E-state index is 12.3. The van der Waals surface area contributed by atoms with Gasteiger partial charge in [0.15, 0.2) is 0 Å². The second-order valence-corrected chi connectivity index (χ2v) is 7.08. The standard InChI is InChI=1S/C20H15NO3S2/c1-2-12-21-18(22)17(26-20(21)25)13-14-8-10-16(11-9-14)24-19(23)15-6-4-3-5-7-15/h2-11,13H,1,12H2/b17-13+. The number of rotatable bonds is 5. The fourth-order valence-corrected chi connectivity index (χ4v) is 3.59. The number of esters is 1. The van der Waals surface area contributed by atoms with Gasteiger partial charge >= 0.3 is 5.97 Å². The molecular formula is C20H15NO3S2. The van der Waals surface area contributed by atoms with Crippen molar-refractivity contribution in [1.82, 2.24) is 4.90 Å². The van der Waals surface area contributed by atoms with Crippen LogP contribution in [0.15, 0.2) is 72.2 Å². The van der Waals surface area contributed by atoms with Gasteiger partial charge < -0.3 is 4.74 Å². The van der Waals surface area contributed by atoms with Gasteiger partial charge in [-0.1, -0.05) is 60.4 Å². The Morgan fingerprint density at radius 1 is 1.15 bits per heavy atom. The number of carbonyl (C=O) groups is 2. The number of benzene rings is 2. The molecule has 1 fully saturated rings. The highest BCUT2D eigenvalue weighted by molar-refractivity contribution is 8.26. The van der Waals surface area contributed by atoms with Gasteiger partial charge in [0.2, 0.25) is 0 Å². The van der Waals surface area contributed by atoms with Crippen molar-refractivity contribution in [3.8, 4) is 5.75 Å². The highest BCUT2D eigenvalue weighted by Gasteiger charge is 2.30. The number of ether oxygens (including phenoxy) is 1. The van der Waals surface area contributed by atoms with E-state index in [4.69, 9.17) is 17.0 Å². The van der Waals surface area contributed by atoms with E-state index in [1.807, 2.05) is 6.07 Å². The summed E-state index contributed by atoms with van der Waals surface area (Å²) in [5.74, 6) is -0.0988. The van der Waals surface area contributed by atoms with Gasteiger partial charge in [-0.25, -0.2) is 4.79 Å².